The van der Waals surface area contributed by atoms with Gasteiger partial charge in [-0.3, -0.25) is 4.98 Å². The minimum absolute atomic E-state index is 0.456. The highest BCUT2D eigenvalue weighted by Gasteiger charge is 2.06. The average molecular weight is 306 g/mol. The summed E-state index contributed by atoms with van der Waals surface area (Å²) >= 11 is 3.27. The van der Waals surface area contributed by atoms with E-state index in [0.717, 1.165) is 17.0 Å². The monoisotopic (exact) mass is 305 g/mol. The molecule has 3 rings (SSSR count). The lowest BCUT2D eigenvalue weighted by molar-refractivity contribution is 0.555. The number of H-pyrrole nitrogens is 1. The van der Waals surface area contributed by atoms with Gasteiger partial charge in [0.2, 0.25) is 0 Å². The second kappa shape index (κ2) is 4.06. The van der Waals surface area contributed by atoms with Gasteiger partial charge in [0, 0.05) is 11.3 Å². The summed E-state index contributed by atoms with van der Waals surface area (Å²) in [7, 11) is 0. The maximum absolute atomic E-state index is 11.1. The molecule has 5 nitrogen and oxygen atoms in total. The van der Waals surface area contributed by atoms with E-state index in [2.05, 4.69) is 30.9 Å². The zero-order valence-electron chi connectivity index (χ0n) is 9.40. The molecule has 18 heavy (non-hydrogen) atoms. The van der Waals surface area contributed by atoms with Crippen LogP contribution in [0.15, 0.2) is 38.2 Å². The van der Waals surface area contributed by atoms with Gasteiger partial charge in [-0.2, -0.15) is 0 Å². The lowest BCUT2D eigenvalue weighted by Gasteiger charge is -2.02. The predicted molar refractivity (Wildman–Crippen MR) is 70.3 cm³/mol. The third-order valence-corrected chi connectivity index (χ3v) is 2.90. The van der Waals surface area contributed by atoms with Gasteiger partial charge in [0.05, 0.1) is 11.2 Å². The number of nitrogens with one attached hydrogen (secondary N) is 1. The number of oxazole rings is 1. The van der Waals surface area contributed by atoms with Crippen LogP contribution in [0, 0.1) is 6.92 Å². The van der Waals surface area contributed by atoms with Crippen molar-refractivity contribution in [2.45, 2.75) is 6.92 Å². The van der Waals surface area contributed by atoms with Crippen LogP contribution in [0.5, 0.6) is 0 Å². The quantitative estimate of drug-likeness (QED) is 0.702. The van der Waals surface area contributed by atoms with Crippen molar-refractivity contribution in [3.8, 4) is 11.3 Å². The smallest absolute Gasteiger partial charge is 0.408 e. The van der Waals surface area contributed by atoms with E-state index in [9.17, 15) is 4.79 Å². The molecule has 0 atom stereocenters. The Labute approximate surface area is 110 Å². The first kappa shape index (κ1) is 11.2. The number of aromatic nitrogens is 3. The second-order valence-corrected chi connectivity index (χ2v) is 4.60. The van der Waals surface area contributed by atoms with Gasteiger partial charge in [-0.05, 0) is 47.1 Å². The fourth-order valence-corrected chi connectivity index (χ4v) is 2.26. The largest absolute Gasteiger partial charge is 0.417 e. The van der Waals surface area contributed by atoms with E-state index < -0.39 is 5.76 Å². The Morgan fingerprint density at radius 2 is 2.11 bits per heavy atom. The van der Waals surface area contributed by atoms with Gasteiger partial charge in [-0.1, -0.05) is 0 Å². The van der Waals surface area contributed by atoms with E-state index >= 15 is 0 Å². The summed E-state index contributed by atoms with van der Waals surface area (Å²) in [6.45, 7) is 1.90. The van der Waals surface area contributed by atoms with E-state index in [0.29, 0.717) is 15.8 Å². The van der Waals surface area contributed by atoms with Crippen LogP contribution < -0.4 is 5.76 Å². The molecule has 90 valence electrons. The van der Waals surface area contributed by atoms with Gasteiger partial charge >= 0.3 is 5.76 Å². The van der Waals surface area contributed by atoms with Crippen molar-refractivity contribution >= 4 is 27.0 Å². The Bertz CT molecular complexity index is 771. The van der Waals surface area contributed by atoms with Crippen molar-refractivity contribution in [3.05, 3.63) is 45.2 Å². The zero-order valence-corrected chi connectivity index (χ0v) is 11.0. The van der Waals surface area contributed by atoms with Crippen molar-refractivity contribution < 1.29 is 4.42 Å². The highest BCUT2D eigenvalue weighted by atomic mass is 79.9. The molecule has 0 aliphatic rings. The Hall–Kier alpha value is -1.95. The second-order valence-electron chi connectivity index (χ2n) is 3.89. The molecule has 2 heterocycles. The summed E-state index contributed by atoms with van der Waals surface area (Å²) in [4.78, 5) is 22.2. The summed E-state index contributed by atoms with van der Waals surface area (Å²) in [6, 6.07) is 7.31. The van der Waals surface area contributed by atoms with Crippen LogP contribution >= 0.6 is 15.9 Å². The minimum atomic E-state index is -0.456. The summed E-state index contributed by atoms with van der Waals surface area (Å²) < 4.78 is 5.49. The van der Waals surface area contributed by atoms with Crippen LogP contribution in [0.25, 0.3) is 22.4 Å². The van der Waals surface area contributed by atoms with Gasteiger partial charge in [-0.25, -0.2) is 14.8 Å². The van der Waals surface area contributed by atoms with E-state index in [1.54, 1.807) is 6.07 Å². The molecule has 0 unspecified atom stereocenters. The van der Waals surface area contributed by atoms with Crippen molar-refractivity contribution in [2.75, 3.05) is 0 Å². The fourth-order valence-electron chi connectivity index (χ4n) is 1.79. The molecule has 1 aromatic carbocycles. The van der Waals surface area contributed by atoms with Gasteiger partial charge in [-0.15, -0.1) is 0 Å². The first-order chi connectivity index (χ1) is 8.61. The van der Waals surface area contributed by atoms with Crippen molar-refractivity contribution in [2.24, 2.45) is 0 Å². The molecule has 0 saturated heterocycles. The van der Waals surface area contributed by atoms with Crippen molar-refractivity contribution in [1.29, 1.82) is 0 Å². The van der Waals surface area contributed by atoms with Crippen LogP contribution in [0.3, 0.4) is 0 Å². The number of halogens is 1. The average Bonchev–Trinajstić information content (AvgIpc) is 2.66. The molecular formula is C12H8BrN3O2. The number of benzene rings is 1. The van der Waals surface area contributed by atoms with Gasteiger partial charge in [0.15, 0.2) is 10.3 Å². The Kier molecular flexibility index (Phi) is 2.52. The summed E-state index contributed by atoms with van der Waals surface area (Å²) in [5.74, 6) is -0.456. The third kappa shape index (κ3) is 1.95. The van der Waals surface area contributed by atoms with Gasteiger partial charge < -0.3 is 4.42 Å². The van der Waals surface area contributed by atoms with Crippen LogP contribution in [-0.2, 0) is 0 Å². The maximum Gasteiger partial charge on any atom is 0.417 e. The highest BCUT2D eigenvalue weighted by Crippen LogP contribution is 2.22. The molecule has 0 radical (unpaired) electrons. The van der Waals surface area contributed by atoms with Crippen molar-refractivity contribution in [3.63, 3.8) is 0 Å². The number of hydrogen-bond acceptors (Lipinski definition) is 4. The number of rotatable bonds is 1. The summed E-state index contributed by atoms with van der Waals surface area (Å²) in [5.41, 5.74) is 3.75. The molecule has 0 spiro atoms. The first-order valence-corrected chi connectivity index (χ1v) is 6.05. The third-order valence-electron chi connectivity index (χ3n) is 2.54. The molecule has 2 aromatic heterocycles. The molecular weight excluding hydrogens is 298 g/mol. The first-order valence-electron chi connectivity index (χ1n) is 5.26. The van der Waals surface area contributed by atoms with E-state index in [4.69, 9.17) is 4.42 Å². The molecule has 0 aliphatic carbocycles. The van der Waals surface area contributed by atoms with E-state index in [1.165, 1.54) is 0 Å². The molecule has 0 amide bonds. The normalized spacial score (nSPS) is 11.0. The lowest BCUT2D eigenvalue weighted by Crippen LogP contribution is -1.93. The molecule has 3 aromatic rings. The highest BCUT2D eigenvalue weighted by molar-refractivity contribution is 9.10. The lowest BCUT2D eigenvalue weighted by atomic mass is 10.1. The van der Waals surface area contributed by atoms with Crippen LogP contribution in [-0.4, -0.2) is 15.0 Å². The number of fused-ring (bicyclic) bond motifs is 1. The number of nitrogens with zero attached hydrogens (tertiary/aromatic N) is 2. The maximum atomic E-state index is 11.1. The van der Waals surface area contributed by atoms with E-state index in [-0.39, 0.29) is 0 Å². The van der Waals surface area contributed by atoms with Crippen LogP contribution in [0.2, 0.25) is 0 Å². The summed E-state index contributed by atoms with van der Waals surface area (Å²) in [6.07, 6.45) is 0. The van der Waals surface area contributed by atoms with Crippen LogP contribution in [0.4, 0.5) is 0 Å². The van der Waals surface area contributed by atoms with Gasteiger partial charge in [0.1, 0.15) is 0 Å². The minimum Gasteiger partial charge on any atom is -0.408 e. The molecule has 0 aliphatic heterocycles. The molecule has 6 heteroatoms. The Balaban J connectivity index is 2.21. The standard InChI is InChI=1S/C12H8BrN3O2/c1-6-4-8(15-11(13)14-6)7-2-3-10-9(5-7)16-12(17)18-10/h2-5H,1H3,(H,16,17). The zero-order chi connectivity index (χ0) is 12.7. The molecule has 0 saturated carbocycles. The van der Waals surface area contributed by atoms with Crippen LogP contribution in [0.1, 0.15) is 5.69 Å². The van der Waals surface area contributed by atoms with Gasteiger partial charge in [0.25, 0.3) is 0 Å². The molecule has 0 fully saturated rings. The SMILES string of the molecule is Cc1cc(-c2ccc3oc(=O)[nH]c3c2)nc(Br)n1. The topological polar surface area (TPSA) is 71.8 Å². The summed E-state index contributed by atoms with van der Waals surface area (Å²) in [5, 5.41) is 0. The Morgan fingerprint density at radius 1 is 1.28 bits per heavy atom. The van der Waals surface area contributed by atoms with Crippen molar-refractivity contribution in [1.82, 2.24) is 15.0 Å². The molecule has 1 N–H and O–H groups in total. The fraction of sp³-hybridized carbons (Fsp3) is 0.0833. The Morgan fingerprint density at radius 3 is 2.89 bits per heavy atom. The number of hydrogen-bond donors (Lipinski definition) is 1. The number of aryl methyl sites for hydroxylation is 1. The molecule has 0 bridgehead atoms. The van der Waals surface area contributed by atoms with E-state index in [1.807, 2.05) is 25.1 Å². The predicted octanol–water partition coefficient (Wildman–Crippen LogP) is 2.65. The number of aromatic amines is 1.